The number of nitrogens with zero attached hydrogens (tertiary/aromatic N) is 1. The smallest absolute Gasteiger partial charge is 0.242 e. The molecule has 0 aromatic carbocycles. The highest BCUT2D eigenvalue weighted by atomic mass is 80.0. The molecule has 1 fully saturated rings. The van der Waals surface area contributed by atoms with Gasteiger partial charge in [0.2, 0.25) is 6.04 Å². The van der Waals surface area contributed by atoms with Crippen molar-refractivity contribution in [3.8, 4) is 0 Å². The van der Waals surface area contributed by atoms with Gasteiger partial charge in [-0.25, -0.2) is 0 Å². The molecule has 1 rings (SSSR count). The van der Waals surface area contributed by atoms with Crippen LogP contribution in [0.3, 0.4) is 0 Å². The highest BCUT2D eigenvalue weighted by Crippen LogP contribution is 2.42. The average molecular weight is 382 g/mol. The van der Waals surface area contributed by atoms with E-state index >= 15 is 0 Å². The first kappa shape index (κ1) is 11.9. The maximum absolute atomic E-state index is 10.7. The Hall–Kier alpha value is 0.800. The largest absolute Gasteiger partial charge is 0.368 e. The van der Waals surface area contributed by atoms with Gasteiger partial charge < -0.3 is 4.74 Å². The molecule has 0 bridgehead atoms. The molecule has 0 radical (unpaired) electrons. The molecule has 4 nitrogen and oxygen atoms in total. The predicted molar refractivity (Wildman–Crippen MR) is 59.3 cm³/mol. The van der Waals surface area contributed by atoms with Gasteiger partial charge in [-0.05, 0) is 6.42 Å². The van der Waals surface area contributed by atoms with Crippen molar-refractivity contribution in [1.82, 2.24) is 0 Å². The summed E-state index contributed by atoms with van der Waals surface area (Å²) in [7, 11) is 0. The first-order valence-corrected chi connectivity index (χ1v) is 6.12. The minimum Gasteiger partial charge on any atom is -0.368 e. The number of ether oxygens (including phenoxy) is 1. The van der Waals surface area contributed by atoms with E-state index in [0.717, 1.165) is 6.42 Å². The fourth-order valence-corrected chi connectivity index (χ4v) is 2.61. The lowest BCUT2D eigenvalue weighted by molar-refractivity contribution is -0.539. The maximum atomic E-state index is 10.7. The molecule has 7 heteroatoms. The van der Waals surface area contributed by atoms with Gasteiger partial charge >= 0.3 is 0 Å². The molecule has 0 spiro atoms. The highest BCUT2D eigenvalue weighted by Gasteiger charge is 2.46. The van der Waals surface area contributed by atoms with Crippen LogP contribution in [0.4, 0.5) is 0 Å². The minimum atomic E-state index is -0.703. The van der Waals surface area contributed by atoms with E-state index in [1.807, 2.05) is 0 Å². The molecule has 1 heterocycles. The van der Waals surface area contributed by atoms with Crippen LogP contribution in [0.2, 0.25) is 0 Å². The first-order valence-electron chi connectivity index (χ1n) is 3.74. The third-order valence-corrected chi connectivity index (χ3v) is 3.24. The topological polar surface area (TPSA) is 52.4 Å². The van der Waals surface area contributed by atoms with E-state index in [1.54, 1.807) is 0 Å². The number of rotatable bonds is 1. The van der Waals surface area contributed by atoms with E-state index in [-0.39, 0.29) is 4.92 Å². The van der Waals surface area contributed by atoms with Crippen LogP contribution >= 0.6 is 47.8 Å². The van der Waals surface area contributed by atoms with Crippen molar-refractivity contribution in [3.05, 3.63) is 10.1 Å². The van der Waals surface area contributed by atoms with Crippen molar-refractivity contribution in [3.63, 3.8) is 0 Å². The van der Waals surface area contributed by atoms with Crippen LogP contribution in [-0.4, -0.2) is 25.8 Å². The highest BCUT2D eigenvalue weighted by molar-refractivity contribution is 9.39. The van der Waals surface area contributed by atoms with E-state index in [2.05, 4.69) is 47.8 Å². The molecular weight excluding hydrogens is 374 g/mol. The van der Waals surface area contributed by atoms with Crippen LogP contribution in [0.1, 0.15) is 12.8 Å². The van der Waals surface area contributed by atoms with Gasteiger partial charge in [0, 0.05) is 18.0 Å². The number of hydrogen-bond donors (Lipinski definition) is 0. The van der Waals surface area contributed by atoms with Gasteiger partial charge in [-0.2, -0.15) is 0 Å². The Morgan fingerprint density at radius 1 is 1.46 bits per heavy atom. The summed E-state index contributed by atoms with van der Waals surface area (Å²) < 4.78 is 4.63. The van der Waals surface area contributed by atoms with Crippen LogP contribution in [0.25, 0.3) is 0 Å². The molecule has 0 saturated carbocycles. The molecule has 0 aromatic heterocycles. The predicted octanol–water partition coefficient (Wildman–Crippen LogP) is 2.65. The van der Waals surface area contributed by atoms with Gasteiger partial charge in [0.05, 0.1) is 0 Å². The van der Waals surface area contributed by atoms with E-state index in [4.69, 9.17) is 4.74 Å². The molecular formula is C6H8Br3NO3. The summed E-state index contributed by atoms with van der Waals surface area (Å²) >= 11 is 9.76. The SMILES string of the molecule is O=[N+]([O-])[C@H]1CCCO[C@@H]1C(Br)(Br)Br. The molecule has 1 aliphatic rings. The Balaban J connectivity index is 2.73. The van der Waals surface area contributed by atoms with Crippen molar-refractivity contribution in [1.29, 1.82) is 0 Å². The molecule has 0 aliphatic carbocycles. The lowest BCUT2D eigenvalue weighted by atomic mass is 10.1. The van der Waals surface area contributed by atoms with Crippen LogP contribution in [0.15, 0.2) is 0 Å². The zero-order valence-corrected chi connectivity index (χ0v) is 11.3. The maximum Gasteiger partial charge on any atom is 0.242 e. The second kappa shape index (κ2) is 4.55. The van der Waals surface area contributed by atoms with E-state index in [9.17, 15) is 10.1 Å². The lowest BCUT2D eigenvalue weighted by Gasteiger charge is -2.31. The zero-order chi connectivity index (χ0) is 10.1. The summed E-state index contributed by atoms with van der Waals surface area (Å²) in [5.41, 5.74) is 0. The normalized spacial score (nSPS) is 30.1. The second-order valence-electron chi connectivity index (χ2n) is 2.83. The van der Waals surface area contributed by atoms with E-state index in [0.29, 0.717) is 13.0 Å². The summed E-state index contributed by atoms with van der Waals surface area (Å²) in [6.45, 7) is 0.569. The third kappa shape index (κ3) is 3.14. The number of alkyl halides is 3. The van der Waals surface area contributed by atoms with Crippen molar-refractivity contribution < 1.29 is 9.66 Å². The number of halogens is 3. The van der Waals surface area contributed by atoms with E-state index < -0.39 is 14.3 Å². The molecule has 13 heavy (non-hydrogen) atoms. The first-order chi connectivity index (χ1) is 5.93. The fraction of sp³-hybridized carbons (Fsp3) is 1.00. The average Bonchev–Trinajstić information content (AvgIpc) is 2.03. The van der Waals surface area contributed by atoms with Gasteiger partial charge in [-0.1, -0.05) is 47.8 Å². The molecule has 1 saturated heterocycles. The van der Waals surface area contributed by atoms with Gasteiger partial charge in [-0.3, -0.25) is 10.1 Å². The summed E-state index contributed by atoms with van der Waals surface area (Å²) in [5, 5.41) is 10.7. The van der Waals surface area contributed by atoms with E-state index in [1.165, 1.54) is 0 Å². The van der Waals surface area contributed by atoms with Gasteiger partial charge in [0.15, 0.2) is 8.25 Å². The van der Waals surface area contributed by atoms with Crippen molar-refractivity contribution in [2.75, 3.05) is 6.61 Å². The van der Waals surface area contributed by atoms with Crippen LogP contribution in [-0.2, 0) is 4.74 Å². The monoisotopic (exact) mass is 379 g/mol. The zero-order valence-electron chi connectivity index (χ0n) is 6.58. The molecule has 0 aromatic rings. The van der Waals surface area contributed by atoms with Crippen molar-refractivity contribution in [2.24, 2.45) is 0 Å². The Morgan fingerprint density at radius 3 is 2.46 bits per heavy atom. The van der Waals surface area contributed by atoms with Crippen molar-refractivity contribution in [2.45, 2.75) is 27.1 Å². The van der Waals surface area contributed by atoms with Crippen LogP contribution in [0.5, 0.6) is 0 Å². The standard InChI is InChI=1S/C6H8Br3NO3/c7-6(8,9)5-4(10(11)12)2-1-3-13-5/h4-5H,1-3H2/t4-,5-/m0/s1. The summed E-state index contributed by atoms with van der Waals surface area (Å²) in [5.74, 6) is 0. The van der Waals surface area contributed by atoms with Crippen molar-refractivity contribution >= 4 is 47.8 Å². The Morgan fingerprint density at radius 2 is 2.08 bits per heavy atom. The summed E-state index contributed by atoms with van der Waals surface area (Å²) in [6, 6.07) is -0.660. The molecule has 1 aliphatic heterocycles. The summed E-state index contributed by atoms with van der Waals surface area (Å²) in [4.78, 5) is 10.4. The Bertz CT molecular complexity index is 206. The second-order valence-corrected chi connectivity index (χ2v) is 9.77. The molecule has 0 N–H and O–H groups in total. The molecule has 2 atom stereocenters. The minimum absolute atomic E-state index is 0.289. The molecule has 76 valence electrons. The number of nitro groups is 1. The lowest BCUT2D eigenvalue weighted by Crippen LogP contribution is -2.46. The third-order valence-electron chi connectivity index (χ3n) is 1.88. The van der Waals surface area contributed by atoms with Gasteiger partial charge in [0.1, 0.15) is 0 Å². The Kier molecular flexibility index (Phi) is 4.15. The van der Waals surface area contributed by atoms with Gasteiger partial charge in [0.25, 0.3) is 0 Å². The Labute approximate surface area is 101 Å². The fourth-order valence-electron chi connectivity index (χ4n) is 1.29. The van der Waals surface area contributed by atoms with Gasteiger partial charge in [-0.15, -0.1) is 0 Å². The van der Waals surface area contributed by atoms with Crippen LogP contribution in [0, 0.1) is 10.1 Å². The quantitative estimate of drug-likeness (QED) is 0.398. The summed E-state index contributed by atoms with van der Waals surface area (Å²) in [6.07, 6.45) is 0.809. The van der Waals surface area contributed by atoms with Crippen LogP contribution < -0.4 is 0 Å². The molecule has 0 unspecified atom stereocenters. The molecule has 0 amide bonds. The number of hydrogen-bond acceptors (Lipinski definition) is 3.